The maximum absolute atomic E-state index is 3.79. The molecule has 1 atom stereocenters. The van der Waals surface area contributed by atoms with Gasteiger partial charge in [0, 0.05) is 6.04 Å². The van der Waals surface area contributed by atoms with Crippen molar-refractivity contribution in [2.75, 3.05) is 0 Å². The highest BCUT2D eigenvalue weighted by atomic mass is 15.2. The quantitative estimate of drug-likeness (QED) is 0.662. The van der Waals surface area contributed by atoms with Crippen LogP contribution in [-0.4, -0.2) is 14.8 Å². The fourth-order valence-electron chi connectivity index (χ4n) is 1.29. The summed E-state index contributed by atoms with van der Waals surface area (Å²) < 4.78 is 2.09. The van der Waals surface area contributed by atoms with E-state index < -0.39 is 0 Å². The van der Waals surface area contributed by atoms with Crippen LogP contribution in [0.25, 0.3) is 0 Å². The maximum Gasteiger partial charge on any atom is 0.119 e. The minimum absolute atomic E-state index is 0.593. The molecule has 11 heavy (non-hydrogen) atoms. The largest absolute Gasteiger partial charge is 0.317 e. The fourth-order valence-corrected chi connectivity index (χ4v) is 1.29. The first-order valence-corrected chi connectivity index (χ1v) is 4.22. The molecule has 1 heterocycles. The monoisotopic (exact) mass is 153 g/mol. The van der Waals surface area contributed by atoms with Crippen LogP contribution in [-0.2, 0) is 0 Å². The van der Waals surface area contributed by atoms with Crippen LogP contribution in [0, 0.1) is 0 Å². The molecule has 0 saturated heterocycles. The first kappa shape index (κ1) is 8.24. The van der Waals surface area contributed by atoms with E-state index in [1.807, 2.05) is 0 Å². The molecule has 0 fully saturated rings. The molecule has 0 saturated carbocycles. The van der Waals surface area contributed by atoms with Gasteiger partial charge in [-0.05, 0) is 12.8 Å². The standard InChI is InChI=1S/C8H15N3/c1-3-5-8(4-2)11-6-9-10-7-11/h6-8H,3-5H2,1-2H3. The van der Waals surface area contributed by atoms with Crippen molar-refractivity contribution in [1.82, 2.24) is 14.8 Å². The SMILES string of the molecule is CCCC(CC)n1cnnc1. The third-order valence-electron chi connectivity index (χ3n) is 1.95. The molecule has 0 radical (unpaired) electrons. The Hall–Kier alpha value is -0.860. The first-order valence-electron chi connectivity index (χ1n) is 4.22. The van der Waals surface area contributed by atoms with Gasteiger partial charge in [-0.2, -0.15) is 0 Å². The smallest absolute Gasteiger partial charge is 0.119 e. The number of nitrogens with zero attached hydrogens (tertiary/aromatic N) is 3. The lowest BCUT2D eigenvalue weighted by Gasteiger charge is -2.13. The minimum atomic E-state index is 0.593. The summed E-state index contributed by atoms with van der Waals surface area (Å²) in [7, 11) is 0. The number of aromatic nitrogens is 3. The average molecular weight is 153 g/mol. The van der Waals surface area contributed by atoms with Crippen molar-refractivity contribution in [3.8, 4) is 0 Å². The molecule has 0 aliphatic heterocycles. The van der Waals surface area contributed by atoms with Gasteiger partial charge in [0.25, 0.3) is 0 Å². The average Bonchev–Trinajstić information content (AvgIpc) is 2.52. The van der Waals surface area contributed by atoms with E-state index in [0.717, 1.165) is 6.42 Å². The molecular formula is C8H15N3. The van der Waals surface area contributed by atoms with Gasteiger partial charge < -0.3 is 4.57 Å². The Balaban J connectivity index is 2.56. The first-order chi connectivity index (χ1) is 5.38. The predicted octanol–water partition coefficient (Wildman–Crippen LogP) is 2.03. The Morgan fingerprint density at radius 1 is 1.27 bits per heavy atom. The van der Waals surface area contributed by atoms with Gasteiger partial charge in [0.2, 0.25) is 0 Å². The zero-order valence-electron chi connectivity index (χ0n) is 7.20. The lowest BCUT2D eigenvalue weighted by molar-refractivity contribution is 0.446. The van der Waals surface area contributed by atoms with E-state index in [0.29, 0.717) is 6.04 Å². The number of rotatable bonds is 4. The normalized spacial score (nSPS) is 13.3. The second-order valence-electron chi connectivity index (χ2n) is 2.76. The Labute approximate surface area is 67.4 Å². The van der Waals surface area contributed by atoms with Crippen LogP contribution >= 0.6 is 0 Å². The van der Waals surface area contributed by atoms with Gasteiger partial charge in [-0.3, -0.25) is 0 Å². The van der Waals surface area contributed by atoms with Crippen LogP contribution in [0.5, 0.6) is 0 Å². The molecule has 1 aromatic rings. The highest BCUT2D eigenvalue weighted by molar-refractivity contribution is 4.70. The van der Waals surface area contributed by atoms with Gasteiger partial charge in [0.05, 0.1) is 0 Å². The lowest BCUT2D eigenvalue weighted by atomic mass is 10.1. The van der Waals surface area contributed by atoms with Gasteiger partial charge in [0.15, 0.2) is 0 Å². The molecule has 1 unspecified atom stereocenters. The molecule has 3 heteroatoms. The summed E-state index contributed by atoms with van der Waals surface area (Å²) >= 11 is 0. The van der Waals surface area contributed by atoms with Gasteiger partial charge in [0.1, 0.15) is 12.7 Å². The summed E-state index contributed by atoms with van der Waals surface area (Å²) in [5.41, 5.74) is 0. The molecule has 1 aromatic heterocycles. The topological polar surface area (TPSA) is 30.7 Å². The number of hydrogen-bond acceptors (Lipinski definition) is 2. The molecule has 0 aliphatic rings. The maximum atomic E-state index is 3.79. The molecule has 62 valence electrons. The van der Waals surface area contributed by atoms with Crippen molar-refractivity contribution >= 4 is 0 Å². The zero-order valence-corrected chi connectivity index (χ0v) is 7.20. The van der Waals surface area contributed by atoms with Crippen molar-refractivity contribution < 1.29 is 0 Å². The molecule has 0 aromatic carbocycles. The highest BCUT2D eigenvalue weighted by Crippen LogP contribution is 2.15. The summed E-state index contributed by atoms with van der Waals surface area (Å²) in [6, 6.07) is 0.593. The third-order valence-corrected chi connectivity index (χ3v) is 1.95. The summed E-state index contributed by atoms with van der Waals surface area (Å²) in [5.74, 6) is 0. The highest BCUT2D eigenvalue weighted by Gasteiger charge is 2.05. The fraction of sp³-hybridized carbons (Fsp3) is 0.750. The second-order valence-corrected chi connectivity index (χ2v) is 2.76. The summed E-state index contributed by atoms with van der Waals surface area (Å²) in [4.78, 5) is 0. The Morgan fingerprint density at radius 2 is 1.91 bits per heavy atom. The third kappa shape index (κ3) is 2.03. The number of hydrogen-bond donors (Lipinski definition) is 0. The van der Waals surface area contributed by atoms with Gasteiger partial charge in [-0.1, -0.05) is 20.3 Å². The summed E-state index contributed by atoms with van der Waals surface area (Å²) in [5, 5.41) is 7.57. The predicted molar refractivity (Wildman–Crippen MR) is 44.3 cm³/mol. The van der Waals surface area contributed by atoms with E-state index in [9.17, 15) is 0 Å². The molecular weight excluding hydrogens is 138 g/mol. The van der Waals surface area contributed by atoms with Crippen LogP contribution in [0.15, 0.2) is 12.7 Å². The van der Waals surface area contributed by atoms with Gasteiger partial charge >= 0.3 is 0 Å². The minimum Gasteiger partial charge on any atom is -0.317 e. The molecule has 3 nitrogen and oxygen atoms in total. The molecule has 0 aliphatic carbocycles. The lowest BCUT2D eigenvalue weighted by Crippen LogP contribution is -2.04. The van der Waals surface area contributed by atoms with Gasteiger partial charge in [-0.25, -0.2) is 0 Å². The molecule has 0 N–H and O–H groups in total. The van der Waals surface area contributed by atoms with Crippen molar-refractivity contribution in [1.29, 1.82) is 0 Å². The summed E-state index contributed by atoms with van der Waals surface area (Å²) in [6.07, 6.45) is 7.19. The van der Waals surface area contributed by atoms with Gasteiger partial charge in [-0.15, -0.1) is 10.2 Å². The molecule has 0 spiro atoms. The van der Waals surface area contributed by atoms with Crippen molar-refractivity contribution in [3.05, 3.63) is 12.7 Å². The van der Waals surface area contributed by atoms with Crippen molar-refractivity contribution in [2.45, 2.75) is 39.2 Å². The van der Waals surface area contributed by atoms with Crippen LogP contribution in [0.2, 0.25) is 0 Å². The second kappa shape index (κ2) is 4.11. The summed E-state index contributed by atoms with van der Waals surface area (Å²) in [6.45, 7) is 4.40. The van der Waals surface area contributed by atoms with Crippen LogP contribution in [0.1, 0.15) is 39.2 Å². The Kier molecular flexibility index (Phi) is 3.08. The van der Waals surface area contributed by atoms with E-state index in [1.54, 1.807) is 12.7 Å². The van der Waals surface area contributed by atoms with E-state index in [-0.39, 0.29) is 0 Å². The molecule has 0 bridgehead atoms. The Morgan fingerprint density at radius 3 is 2.36 bits per heavy atom. The molecule has 1 rings (SSSR count). The Bertz CT molecular complexity index is 181. The van der Waals surface area contributed by atoms with E-state index in [1.165, 1.54) is 12.8 Å². The van der Waals surface area contributed by atoms with Crippen molar-refractivity contribution in [3.63, 3.8) is 0 Å². The van der Waals surface area contributed by atoms with Crippen LogP contribution < -0.4 is 0 Å². The molecule has 0 amide bonds. The zero-order chi connectivity index (χ0) is 8.10. The van der Waals surface area contributed by atoms with Crippen LogP contribution in [0.4, 0.5) is 0 Å². The van der Waals surface area contributed by atoms with E-state index in [2.05, 4.69) is 28.6 Å². The van der Waals surface area contributed by atoms with Crippen LogP contribution in [0.3, 0.4) is 0 Å². The van der Waals surface area contributed by atoms with E-state index >= 15 is 0 Å². The van der Waals surface area contributed by atoms with Crippen molar-refractivity contribution in [2.24, 2.45) is 0 Å². The van der Waals surface area contributed by atoms with E-state index in [4.69, 9.17) is 0 Å².